The van der Waals surface area contributed by atoms with Gasteiger partial charge in [0.25, 0.3) is 5.91 Å². The maximum atomic E-state index is 13.4. The molecule has 1 amide bonds. The predicted molar refractivity (Wildman–Crippen MR) is 163 cm³/mol. The maximum Gasteiger partial charge on any atom is 0.359 e. The van der Waals surface area contributed by atoms with Gasteiger partial charge >= 0.3 is 5.97 Å². The number of hydrogen-bond acceptors (Lipinski definition) is 14. The van der Waals surface area contributed by atoms with Gasteiger partial charge < -0.3 is 33.9 Å². The largest absolute Gasteiger partial charge is 0.381 e. The van der Waals surface area contributed by atoms with Gasteiger partial charge in [0, 0.05) is 76.9 Å². The lowest BCUT2D eigenvalue weighted by molar-refractivity contribution is 0.0423. The van der Waals surface area contributed by atoms with E-state index in [2.05, 4.69) is 19.7 Å². The number of carbonyl (C=O) groups is 2. The van der Waals surface area contributed by atoms with E-state index >= 15 is 0 Å². The van der Waals surface area contributed by atoms with Crippen LogP contribution in [0, 0.1) is 0 Å². The molecular formula is C29H35N11O5. The molecule has 0 saturated carbocycles. The van der Waals surface area contributed by atoms with E-state index in [1.807, 2.05) is 41.8 Å². The van der Waals surface area contributed by atoms with E-state index in [4.69, 9.17) is 25.6 Å². The lowest BCUT2D eigenvalue weighted by atomic mass is 10.1. The molecule has 0 spiro atoms. The molecular weight excluding hydrogens is 582 g/mol. The van der Waals surface area contributed by atoms with Gasteiger partial charge in [-0.2, -0.15) is 5.90 Å². The van der Waals surface area contributed by atoms with Crippen molar-refractivity contribution in [3.05, 3.63) is 53.6 Å². The van der Waals surface area contributed by atoms with Crippen molar-refractivity contribution in [2.24, 2.45) is 12.9 Å². The van der Waals surface area contributed by atoms with Crippen molar-refractivity contribution in [2.75, 3.05) is 76.1 Å². The SMILES string of the molecule is CN(Cc1nc2c(N3CCOCC3)nc(-c3cccc(C(=O)N4CCN(CO)CC4)c3)nc2n1C)c1ncc(C(=O)ON)cn1. The number of morpholine rings is 1. The van der Waals surface area contributed by atoms with Gasteiger partial charge in [-0.1, -0.05) is 12.1 Å². The van der Waals surface area contributed by atoms with E-state index in [1.54, 1.807) is 15.9 Å². The molecule has 0 aliphatic carbocycles. The first-order valence-corrected chi connectivity index (χ1v) is 14.6. The molecule has 0 bridgehead atoms. The highest BCUT2D eigenvalue weighted by Crippen LogP contribution is 2.29. The Morgan fingerprint density at radius 3 is 2.44 bits per heavy atom. The summed E-state index contributed by atoms with van der Waals surface area (Å²) in [6.45, 7) is 5.14. The van der Waals surface area contributed by atoms with E-state index in [0.717, 1.165) is 5.56 Å². The second-order valence-corrected chi connectivity index (χ2v) is 10.9. The minimum Gasteiger partial charge on any atom is -0.381 e. The van der Waals surface area contributed by atoms with Gasteiger partial charge in [0.05, 0.1) is 32.1 Å². The highest BCUT2D eigenvalue weighted by molar-refractivity contribution is 5.95. The number of anilines is 2. The van der Waals surface area contributed by atoms with Gasteiger partial charge in [0.1, 0.15) is 5.82 Å². The summed E-state index contributed by atoms with van der Waals surface area (Å²) in [7, 11) is 3.72. The first-order chi connectivity index (χ1) is 21.9. The van der Waals surface area contributed by atoms with Gasteiger partial charge in [0.15, 0.2) is 22.8 Å². The molecule has 6 rings (SSSR count). The number of benzene rings is 1. The molecule has 2 aliphatic heterocycles. The van der Waals surface area contributed by atoms with Gasteiger partial charge in [-0.3, -0.25) is 9.69 Å². The number of aromatic nitrogens is 6. The Balaban J connectivity index is 1.32. The van der Waals surface area contributed by atoms with Crippen LogP contribution < -0.4 is 15.7 Å². The summed E-state index contributed by atoms with van der Waals surface area (Å²) in [5, 5.41) is 9.40. The minimum atomic E-state index is -0.722. The lowest BCUT2D eigenvalue weighted by Crippen LogP contribution is -2.48. The number of rotatable bonds is 8. The summed E-state index contributed by atoms with van der Waals surface area (Å²) in [5.41, 5.74) is 2.71. The number of nitrogens with two attached hydrogens (primary N) is 1. The predicted octanol–water partition coefficient (Wildman–Crippen LogP) is 0.0314. The van der Waals surface area contributed by atoms with Crippen LogP contribution in [-0.4, -0.2) is 123 Å². The van der Waals surface area contributed by atoms with E-state index in [0.29, 0.717) is 99.2 Å². The number of imidazole rings is 1. The van der Waals surface area contributed by atoms with Crippen LogP contribution in [0.3, 0.4) is 0 Å². The minimum absolute atomic E-state index is 0.0110. The first-order valence-electron chi connectivity index (χ1n) is 14.6. The molecule has 4 aromatic rings. The summed E-state index contributed by atoms with van der Waals surface area (Å²) < 4.78 is 7.51. The highest BCUT2D eigenvalue weighted by Gasteiger charge is 2.25. The van der Waals surface area contributed by atoms with Crippen LogP contribution in [0.15, 0.2) is 36.7 Å². The number of carbonyl (C=O) groups excluding carboxylic acids is 2. The fourth-order valence-electron chi connectivity index (χ4n) is 5.40. The molecule has 2 aliphatic rings. The number of nitrogens with zero attached hydrogens (tertiary/aromatic N) is 10. The molecule has 16 nitrogen and oxygen atoms in total. The second kappa shape index (κ2) is 13.1. The number of fused-ring (bicyclic) bond motifs is 1. The Morgan fingerprint density at radius 1 is 1.02 bits per heavy atom. The average molecular weight is 618 g/mol. The maximum absolute atomic E-state index is 13.4. The lowest BCUT2D eigenvalue weighted by Gasteiger charge is -2.33. The topological polar surface area (TPSA) is 181 Å². The monoisotopic (exact) mass is 617 g/mol. The number of aliphatic hydroxyl groups excluding tert-OH is 1. The van der Waals surface area contributed by atoms with Crippen LogP contribution in [0.25, 0.3) is 22.6 Å². The molecule has 236 valence electrons. The van der Waals surface area contributed by atoms with E-state index in [-0.39, 0.29) is 18.2 Å². The van der Waals surface area contributed by atoms with Gasteiger partial charge in [0.2, 0.25) is 5.95 Å². The molecule has 3 aromatic heterocycles. The van der Waals surface area contributed by atoms with Crippen molar-refractivity contribution < 1.29 is 24.3 Å². The van der Waals surface area contributed by atoms with Crippen LogP contribution in [0.5, 0.6) is 0 Å². The summed E-state index contributed by atoms with van der Waals surface area (Å²) >= 11 is 0. The first kappa shape index (κ1) is 30.3. The van der Waals surface area contributed by atoms with Gasteiger partial charge in [-0.15, -0.1) is 0 Å². The fraction of sp³-hybridized carbons (Fsp3) is 0.414. The van der Waals surface area contributed by atoms with Crippen LogP contribution in [-0.2, 0) is 23.2 Å². The Kier molecular flexibility index (Phi) is 8.79. The number of aryl methyl sites for hydroxylation is 1. The number of amides is 1. The van der Waals surface area contributed by atoms with Gasteiger partial charge in [-0.25, -0.2) is 29.7 Å². The Morgan fingerprint density at radius 2 is 1.76 bits per heavy atom. The number of hydrogen-bond donors (Lipinski definition) is 2. The van der Waals surface area contributed by atoms with Crippen molar-refractivity contribution in [3.63, 3.8) is 0 Å². The van der Waals surface area contributed by atoms with Crippen LogP contribution in [0.4, 0.5) is 11.8 Å². The smallest absolute Gasteiger partial charge is 0.359 e. The van der Waals surface area contributed by atoms with Crippen LogP contribution >= 0.6 is 0 Å². The molecule has 5 heterocycles. The van der Waals surface area contributed by atoms with E-state index < -0.39 is 5.97 Å². The molecule has 0 unspecified atom stereocenters. The normalized spacial score (nSPS) is 15.8. The molecule has 2 fully saturated rings. The average Bonchev–Trinajstić information content (AvgIpc) is 3.41. The zero-order valence-electron chi connectivity index (χ0n) is 25.2. The third-order valence-corrected chi connectivity index (χ3v) is 8.03. The molecule has 1 aromatic carbocycles. The van der Waals surface area contributed by atoms with Crippen molar-refractivity contribution in [3.8, 4) is 11.4 Å². The van der Waals surface area contributed by atoms with Crippen LogP contribution in [0.1, 0.15) is 26.5 Å². The summed E-state index contributed by atoms with van der Waals surface area (Å²) in [5.74, 6) is 6.44. The Labute approximate surface area is 259 Å². The van der Waals surface area contributed by atoms with E-state index in [9.17, 15) is 14.7 Å². The zero-order valence-corrected chi connectivity index (χ0v) is 25.2. The molecule has 45 heavy (non-hydrogen) atoms. The number of aliphatic hydroxyl groups is 1. The Hall–Kier alpha value is -4.77. The third-order valence-electron chi connectivity index (χ3n) is 8.03. The van der Waals surface area contributed by atoms with Crippen LogP contribution in [0.2, 0.25) is 0 Å². The third kappa shape index (κ3) is 6.26. The quantitative estimate of drug-likeness (QED) is 0.253. The fourth-order valence-corrected chi connectivity index (χ4v) is 5.40. The van der Waals surface area contributed by atoms with E-state index in [1.165, 1.54) is 12.4 Å². The molecule has 16 heteroatoms. The zero-order chi connectivity index (χ0) is 31.5. The van der Waals surface area contributed by atoms with Crippen molar-refractivity contribution in [1.29, 1.82) is 0 Å². The molecule has 0 radical (unpaired) electrons. The highest BCUT2D eigenvalue weighted by atomic mass is 16.7. The second-order valence-electron chi connectivity index (χ2n) is 10.9. The standard InChI is InChI=1S/C29H35N11O5/c1-36(29-31-15-21(16-32-29)28(43)45-30)17-22-33-23-25(37(22)2)34-24(35-26(23)39-10-12-44-13-11-39)19-4-3-5-20(14-19)27(42)40-8-6-38(18-41)7-9-40/h3-5,14-16,41H,6-13,17-18,30H2,1-2H3. The van der Waals surface area contributed by atoms with Gasteiger partial charge in [-0.05, 0) is 12.1 Å². The summed E-state index contributed by atoms with van der Waals surface area (Å²) in [6.07, 6.45) is 2.70. The molecule has 3 N–H and O–H groups in total. The molecule has 2 saturated heterocycles. The summed E-state index contributed by atoms with van der Waals surface area (Å²) in [6, 6.07) is 7.38. The van der Waals surface area contributed by atoms with Crippen molar-refractivity contribution >= 4 is 34.8 Å². The number of ether oxygens (including phenoxy) is 1. The Bertz CT molecular complexity index is 1680. The van der Waals surface area contributed by atoms with Crippen molar-refractivity contribution in [1.82, 2.24) is 39.3 Å². The summed E-state index contributed by atoms with van der Waals surface area (Å²) in [4.78, 5) is 60.3. The molecule has 0 atom stereocenters. The number of piperazine rings is 1. The van der Waals surface area contributed by atoms with Crippen molar-refractivity contribution in [2.45, 2.75) is 6.54 Å².